The van der Waals surface area contributed by atoms with Crippen molar-refractivity contribution in [2.24, 2.45) is 0 Å². The number of carbonyl (C=O) groups is 3. The number of esters is 3. The highest BCUT2D eigenvalue weighted by Crippen LogP contribution is 2.19. The van der Waals surface area contributed by atoms with E-state index in [1.807, 2.05) is 0 Å². The number of unbranched alkanes of at least 4 members (excludes halogenated alkanes) is 54. The van der Waals surface area contributed by atoms with Crippen molar-refractivity contribution in [3.8, 4) is 0 Å². The zero-order valence-electron chi connectivity index (χ0n) is 55.1. The maximum atomic E-state index is 12.9. The second kappa shape index (κ2) is 70.4. The first-order valence-electron chi connectivity index (χ1n) is 36.8. The lowest BCUT2D eigenvalue weighted by Crippen LogP contribution is -2.30. The largest absolute Gasteiger partial charge is 0.462 e. The Kier molecular flexibility index (Phi) is 68.5. The van der Waals surface area contributed by atoms with Gasteiger partial charge in [0, 0.05) is 19.3 Å². The summed E-state index contributed by atoms with van der Waals surface area (Å²) in [5.74, 6) is -0.834. The fourth-order valence-electron chi connectivity index (χ4n) is 11.4. The molecule has 0 aliphatic carbocycles. The summed E-state index contributed by atoms with van der Waals surface area (Å²) in [4.78, 5) is 38.4. The van der Waals surface area contributed by atoms with Crippen molar-refractivity contribution >= 4 is 17.9 Å². The molecule has 0 aromatic heterocycles. The van der Waals surface area contributed by atoms with E-state index in [1.54, 1.807) is 0 Å². The van der Waals surface area contributed by atoms with Crippen LogP contribution in [-0.4, -0.2) is 37.2 Å². The number of rotatable bonds is 69. The van der Waals surface area contributed by atoms with Gasteiger partial charge in [-0.3, -0.25) is 14.4 Å². The van der Waals surface area contributed by atoms with E-state index in [0.717, 1.165) is 57.8 Å². The van der Waals surface area contributed by atoms with Crippen LogP contribution < -0.4 is 0 Å². The van der Waals surface area contributed by atoms with Gasteiger partial charge in [0.2, 0.25) is 0 Å². The quantitative estimate of drug-likeness (QED) is 0.0261. The summed E-state index contributed by atoms with van der Waals surface area (Å²) in [7, 11) is 0. The molecule has 0 radical (unpaired) electrons. The van der Waals surface area contributed by atoms with E-state index in [9.17, 15) is 14.4 Å². The summed E-state index contributed by atoms with van der Waals surface area (Å²) in [6, 6.07) is 0. The van der Waals surface area contributed by atoms with Gasteiger partial charge >= 0.3 is 17.9 Å². The van der Waals surface area contributed by atoms with Crippen LogP contribution >= 0.6 is 0 Å². The molecule has 1 unspecified atom stereocenters. The Labute approximate surface area is 506 Å². The number of ether oxygens (including phenoxy) is 3. The zero-order chi connectivity index (χ0) is 58.5. The van der Waals surface area contributed by atoms with Crippen LogP contribution in [0.1, 0.15) is 419 Å². The Morgan fingerprint density at radius 3 is 0.617 bits per heavy atom. The van der Waals surface area contributed by atoms with Gasteiger partial charge in [0.15, 0.2) is 6.10 Å². The number of hydrogen-bond acceptors (Lipinski definition) is 6. The summed E-state index contributed by atoms with van der Waals surface area (Å²) in [6.07, 6.45) is 86.6. The van der Waals surface area contributed by atoms with Crippen LogP contribution in [0.2, 0.25) is 0 Å². The van der Waals surface area contributed by atoms with Gasteiger partial charge in [-0.05, 0) is 70.6 Å². The van der Waals surface area contributed by atoms with E-state index in [4.69, 9.17) is 14.2 Å². The monoisotopic (exact) mass is 1140 g/mol. The van der Waals surface area contributed by atoms with Crippen molar-refractivity contribution in [3.05, 3.63) is 24.3 Å². The van der Waals surface area contributed by atoms with Crippen molar-refractivity contribution < 1.29 is 28.6 Å². The SMILES string of the molecule is CCCCCCCCCC/C=C\CCCCCCCCCCCCCCCCCCCC(=O)OCC(COC(=O)CCCCCCCCCCCCC)OC(=O)CCCCCCCCCCCCC/C=C\CCCCCCCCCC. The van der Waals surface area contributed by atoms with E-state index in [1.165, 1.54) is 321 Å². The van der Waals surface area contributed by atoms with Crippen molar-refractivity contribution in [2.45, 2.75) is 425 Å². The molecule has 6 nitrogen and oxygen atoms in total. The second-order valence-corrected chi connectivity index (χ2v) is 25.2. The Hall–Kier alpha value is -2.11. The molecular formula is C75H142O6. The van der Waals surface area contributed by atoms with Gasteiger partial charge in [-0.2, -0.15) is 0 Å². The molecule has 1 atom stereocenters. The minimum absolute atomic E-state index is 0.0650. The van der Waals surface area contributed by atoms with E-state index < -0.39 is 6.10 Å². The number of allylic oxidation sites excluding steroid dienone is 4. The van der Waals surface area contributed by atoms with Crippen LogP contribution in [0.15, 0.2) is 24.3 Å². The first kappa shape index (κ1) is 78.9. The molecule has 478 valence electrons. The van der Waals surface area contributed by atoms with Gasteiger partial charge < -0.3 is 14.2 Å². The lowest BCUT2D eigenvalue weighted by atomic mass is 10.0. The van der Waals surface area contributed by atoms with Crippen LogP contribution in [-0.2, 0) is 28.6 Å². The predicted molar refractivity (Wildman–Crippen MR) is 353 cm³/mol. The fraction of sp³-hybridized carbons (Fsp3) is 0.907. The highest BCUT2D eigenvalue weighted by molar-refractivity contribution is 5.71. The molecule has 0 aliphatic rings. The van der Waals surface area contributed by atoms with Crippen LogP contribution in [0, 0.1) is 0 Å². The van der Waals surface area contributed by atoms with Crippen molar-refractivity contribution in [3.63, 3.8) is 0 Å². The van der Waals surface area contributed by atoms with Crippen LogP contribution in [0.4, 0.5) is 0 Å². The number of hydrogen-bond donors (Lipinski definition) is 0. The normalized spacial score (nSPS) is 12.1. The Morgan fingerprint density at radius 2 is 0.407 bits per heavy atom. The minimum Gasteiger partial charge on any atom is -0.462 e. The van der Waals surface area contributed by atoms with Gasteiger partial charge in [0.05, 0.1) is 0 Å². The Balaban J connectivity index is 4.13. The van der Waals surface area contributed by atoms with Crippen molar-refractivity contribution in [1.29, 1.82) is 0 Å². The molecule has 0 aromatic rings. The van der Waals surface area contributed by atoms with E-state index in [2.05, 4.69) is 45.1 Å². The minimum atomic E-state index is -0.768. The molecule has 0 saturated carbocycles. The molecule has 0 aliphatic heterocycles. The highest BCUT2D eigenvalue weighted by Gasteiger charge is 2.20. The van der Waals surface area contributed by atoms with Gasteiger partial charge in [-0.1, -0.05) is 353 Å². The van der Waals surface area contributed by atoms with E-state index in [-0.39, 0.29) is 31.1 Å². The molecule has 0 rings (SSSR count). The second-order valence-electron chi connectivity index (χ2n) is 25.2. The zero-order valence-corrected chi connectivity index (χ0v) is 55.1. The van der Waals surface area contributed by atoms with Crippen LogP contribution in [0.25, 0.3) is 0 Å². The third-order valence-electron chi connectivity index (χ3n) is 16.9. The first-order valence-corrected chi connectivity index (χ1v) is 36.8. The molecular weight excluding hydrogens is 997 g/mol. The molecule has 0 aromatic carbocycles. The van der Waals surface area contributed by atoms with Gasteiger partial charge in [-0.15, -0.1) is 0 Å². The average Bonchev–Trinajstić information content (AvgIpc) is 3.47. The van der Waals surface area contributed by atoms with E-state index in [0.29, 0.717) is 19.3 Å². The van der Waals surface area contributed by atoms with E-state index >= 15 is 0 Å². The summed E-state index contributed by atoms with van der Waals surface area (Å²) < 4.78 is 17.0. The highest BCUT2D eigenvalue weighted by atomic mass is 16.6. The molecule has 0 fully saturated rings. The average molecular weight is 1140 g/mol. The predicted octanol–water partition coefficient (Wildman–Crippen LogP) is 25.3. The van der Waals surface area contributed by atoms with Crippen LogP contribution in [0.5, 0.6) is 0 Å². The van der Waals surface area contributed by atoms with Crippen molar-refractivity contribution in [1.82, 2.24) is 0 Å². The number of carbonyl (C=O) groups excluding carboxylic acids is 3. The Bertz CT molecular complexity index is 1310. The first-order chi connectivity index (χ1) is 40.0. The molecule has 0 heterocycles. The molecule has 0 N–H and O–H groups in total. The fourth-order valence-corrected chi connectivity index (χ4v) is 11.4. The van der Waals surface area contributed by atoms with Gasteiger partial charge in [0.25, 0.3) is 0 Å². The molecule has 0 spiro atoms. The lowest BCUT2D eigenvalue weighted by molar-refractivity contribution is -0.167. The maximum Gasteiger partial charge on any atom is 0.306 e. The molecule has 81 heavy (non-hydrogen) atoms. The summed E-state index contributed by atoms with van der Waals surface area (Å²) in [5.41, 5.74) is 0. The smallest absolute Gasteiger partial charge is 0.306 e. The topological polar surface area (TPSA) is 78.9 Å². The maximum absolute atomic E-state index is 12.9. The molecule has 6 heteroatoms. The lowest BCUT2D eigenvalue weighted by Gasteiger charge is -2.18. The molecule has 0 bridgehead atoms. The summed E-state index contributed by atoms with van der Waals surface area (Å²) >= 11 is 0. The van der Waals surface area contributed by atoms with Crippen LogP contribution in [0.3, 0.4) is 0 Å². The summed E-state index contributed by atoms with van der Waals surface area (Å²) in [5, 5.41) is 0. The summed E-state index contributed by atoms with van der Waals surface area (Å²) in [6.45, 7) is 6.71. The third kappa shape index (κ3) is 68.6. The van der Waals surface area contributed by atoms with Gasteiger partial charge in [0.1, 0.15) is 13.2 Å². The third-order valence-corrected chi connectivity index (χ3v) is 16.9. The molecule has 0 amide bonds. The van der Waals surface area contributed by atoms with Crippen molar-refractivity contribution in [2.75, 3.05) is 13.2 Å². The Morgan fingerprint density at radius 1 is 0.235 bits per heavy atom. The molecule has 0 saturated heterocycles. The van der Waals surface area contributed by atoms with Gasteiger partial charge in [-0.25, -0.2) is 0 Å². The standard InChI is InChI=1S/C75H142O6/c1-4-7-10-13-16-19-22-24-26-28-30-32-34-35-36-37-38-39-41-42-44-46-48-50-53-56-59-62-65-68-74(77)80-71-72(70-79-73(76)67-64-61-58-55-52-21-18-15-12-9-6-3)81-75(78)69-66-63-60-57-54-51-49-47-45-43-40-33-31-29-27-25-23-20-17-14-11-8-5-2/h28-31,72H,4-27,32-71H2,1-3H3/b30-28-,31-29-.